The van der Waals surface area contributed by atoms with E-state index in [9.17, 15) is 4.79 Å². The van der Waals surface area contributed by atoms with Crippen molar-refractivity contribution in [3.8, 4) is 5.75 Å². The molecule has 5 heterocycles. The van der Waals surface area contributed by atoms with Crippen LogP contribution in [0.3, 0.4) is 0 Å². The number of imidazole rings is 1. The average Bonchev–Trinajstić information content (AvgIpc) is 3.54. The molecule has 9 nitrogen and oxygen atoms in total. The molecule has 2 bridgehead atoms. The fourth-order valence-electron chi connectivity index (χ4n) is 5.15. The van der Waals surface area contributed by atoms with Gasteiger partial charge in [-0.15, -0.1) is 0 Å². The molecule has 1 amide bonds. The van der Waals surface area contributed by atoms with Gasteiger partial charge in [-0.3, -0.25) is 4.79 Å². The molecule has 9 heteroatoms. The van der Waals surface area contributed by atoms with Crippen molar-refractivity contribution in [3.63, 3.8) is 0 Å². The minimum absolute atomic E-state index is 0.0465. The molecule has 33 heavy (non-hydrogen) atoms. The summed E-state index contributed by atoms with van der Waals surface area (Å²) in [5.74, 6) is 0.201. The fraction of sp³-hybridized carbons (Fsp3) is 0.417. The minimum Gasteiger partial charge on any atom is -0.490 e. The largest absolute Gasteiger partial charge is 0.490 e. The summed E-state index contributed by atoms with van der Waals surface area (Å²) in [4.78, 5) is 22.6. The molecule has 1 saturated heterocycles. The van der Waals surface area contributed by atoms with Crippen molar-refractivity contribution in [3.05, 3.63) is 54.4 Å². The lowest BCUT2D eigenvalue weighted by Crippen LogP contribution is -2.26. The maximum absolute atomic E-state index is 13.3. The Bertz CT molecular complexity index is 1380. The van der Waals surface area contributed by atoms with E-state index in [0.717, 1.165) is 30.6 Å². The zero-order chi connectivity index (χ0) is 22.8. The first-order valence-corrected chi connectivity index (χ1v) is 11.3. The van der Waals surface area contributed by atoms with Crippen LogP contribution in [0.4, 0.5) is 5.69 Å². The lowest BCUT2D eigenvalue weighted by molar-refractivity contribution is -0.00627. The predicted molar refractivity (Wildman–Crippen MR) is 122 cm³/mol. The quantitative estimate of drug-likeness (QED) is 0.503. The van der Waals surface area contributed by atoms with Gasteiger partial charge in [0, 0.05) is 36.3 Å². The summed E-state index contributed by atoms with van der Waals surface area (Å²) in [6, 6.07) is 3.62. The monoisotopic (exact) mass is 446 g/mol. The van der Waals surface area contributed by atoms with E-state index >= 15 is 0 Å². The van der Waals surface area contributed by atoms with Crippen LogP contribution in [0.15, 0.2) is 43.1 Å². The van der Waals surface area contributed by atoms with Crippen LogP contribution >= 0.6 is 0 Å². The van der Waals surface area contributed by atoms with Gasteiger partial charge in [-0.2, -0.15) is 5.10 Å². The summed E-state index contributed by atoms with van der Waals surface area (Å²) in [7, 11) is 0. The van der Waals surface area contributed by atoms with E-state index in [4.69, 9.17) is 14.5 Å². The normalized spacial score (nSPS) is 24.2. The molecule has 1 aliphatic heterocycles. The van der Waals surface area contributed by atoms with Gasteiger partial charge >= 0.3 is 0 Å². The Kier molecular flexibility index (Phi) is 4.29. The average molecular weight is 447 g/mol. The van der Waals surface area contributed by atoms with Crippen LogP contribution in [-0.2, 0) is 10.2 Å². The molecule has 170 valence electrons. The highest BCUT2D eigenvalue weighted by atomic mass is 16.5. The third kappa shape index (κ3) is 3.26. The second-order valence-electron chi connectivity index (χ2n) is 9.71. The lowest BCUT2D eigenvalue weighted by Gasteiger charge is -2.24. The van der Waals surface area contributed by atoms with Crippen LogP contribution in [0.2, 0.25) is 0 Å². The van der Waals surface area contributed by atoms with Gasteiger partial charge in [0.15, 0.2) is 5.65 Å². The zero-order valence-electron chi connectivity index (χ0n) is 18.9. The Balaban J connectivity index is 1.39. The summed E-state index contributed by atoms with van der Waals surface area (Å²) in [5, 5.41) is 7.17. The van der Waals surface area contributed by atoms with Crippen LogP contribution < -0.4 is 10.1 Å². The number of hydrogen-bond donors (Lipinski definition) is 1. The molecule has 1 N–H and O–H groups in total. The van der Waals surface area contributed by atoms with Gasteiger partial charge in [0.1, 0.15) is 17.1 Å². The number of nitrogens with one attached hydrogen (secondary N) is 1. The van der Waals surface area contributed by atoms with Gasteiger partial charge in [-0.05, 0) is 46.1 Å². The first-order valence-electron chi connectivity index (χ1n) is 11.3. The number of rotatable bonds is 5. The zero-order valence-corrected chi connectivity index (χ0v) is 18.9. The molecule has 4 aromatic rings. The van der Waals surface area contributed by atoms with Crippen molar-refractivity contribution in [2.75, 3.05) is 11.9 Å². The molecule has 2 fully saturated rings. The van der Waals surface area contributed by atoms with Crippen LogP contribution in [-0.4, -0.2) is 48.2 Å². The number of aromatic nitrogens is 5. The molecule has 6 rings (SSSR count). The van der Waals surface area contributed by atoms with E-state index in [1.807, 2.05) is 30.5 Å². The number of pyridine rings is 1. The number of hydrogen-bond acceptors (Lipinski definition) is 6. The van der Waals surface area contributed by atoms with Crippen molar-refractivity contribution >= 4 is 22.9 Å². The number of ether oxygens (including phenoxy) is 2. The number of fused-ring (bicyclic) bond motifs is 4. The van der Waals surface area contributed by atoms with Gasteiger partial charge < -0.3 is 19.2 Å². The number of carbonyl (C=O) groups is 1. The molecular weight excluding hydrogens is 420 g/mol. The number of carbonyl (C=O) groups excluding carboxylic acids is 1. The molecule has 0 spiro atoms. The third-order valence-corrected chi connectivity index (χ3v) is 6.77. The van der Waals surface area contributed by atoms with Crippen LogP contribution in [0.5, 0.6) is 5.75 Å². The highest BCUT2D eigenvalue weighted by molar-refractivity contribution is 6.07. The number of amides is 1. The summed E-state index contributed by atoms with van der Waals surface area (Å²) in [6.07, 6.45) is 11.9. The van der Waals surface area contributed by atoms with Gasteiger partial charge in [-0.25, -0.2) is 14.5 Å². The van der Waals surface area contributed by atoms with Crippen molar-refractivity contribution in [2.24, 2.45) is 0 Å². The van der Waals surface area contributed by atoms with Gasteiger partial charge in [0.2, 0.25) is 0 Å². The van der Waals surface area contributed by atoms with Gasteiger partial charge in [-0.1, -0.05) is 0 Å². The SMILES string of the molecule is CC(C)Oc1cc2nc([C@]34CC[C@](C)(C3)OC4)cn2cc1C(=O)Nc1cnn2cccnc12. The summed E-state index contributed by atoms with van der Waals surface area (Å²) < 4.78 is 15.6. The smallest absolute Gasteiger partial charge is 0.261 e. The standard InChI is InChI=1S/C24H26N6O3/c1-15(2)33-18-9-20-28-19(24-6-5-23(3,13-24)32-14-24)12-29(20)11-16(18)22(31)27-17-10-26-30-8-4-7-25-21(17)30/h4,7-12,15H,5-6,13-14H2,1-3H3,(H,27,31)/t23-,24-/m1/s1. The number of anilines is 1. The Hall–Kier alpha value is -3.46. The molecule has 1 saturated carbocycles. The molecule has 1 aliphatic carbocycles. The third-order valence-electron chi connectivity index (χ3n) is 6.77. The predicted octanol–water partition coefficient (Wildman–Crippen LogP) is 3.63. The molecule has 4 aromatic heterocycles. The van der Waals surface area contributed by atoms with Crippen LogP contribution in [0.25, 0.3) is 11.3 Å². The van der Waals surface area contributed by atoms with E-state index in [1.54, 1.807) is 35.4 Å². The molecular formula is C24H26N6O3. The van der Waals surface area contributed by atoms with Crippen molar-refractivity contribution in [2.45, 2.75) is 57.2 Å². The number of nitrogens with zero attached hydrogens (tertiary/aromatic N) is 5. The first-order chi connectivity index (χ1) is 15.8. The Morgan fingerprint density at radius 1 is 1.30 bits per heavy atom. The van der Waals surface area contributed by atoms with E-state index in [-0.39, 0.29) is 23.0 Å². The Morgan fingerprint density at radius 2 is 2.18 bits per heavy atom. The molecule has 2 aliphatic rings. The fourth-order valence-corrected chi connectivity index (χ4v) is 5.15. The second-order valence-corrected chi connectivity index (χ2v) is 9.71. The maximum atomic E-state index is 13.3. The van der Waals surface area contributed by atoms with Gasteiger partial charge in [0.25, 0.3) is 5.91 Å². The molecule has 0 radical (unpaired) electrons. The Morgan fingerprint density at radius 3 is 2.91 bits per heavy atom. The molecule has 0 aromatic carbocycles. The first kappa shape index (κ1) is 20.2. The van der Waals surface area contributed by atoms with Crippen molar-refractivity contribution < 1.29 is 14.3 Å². The lowest BCUT2D eigenvalue weighted by atomic mass is 9.84. The van der Waals surface area contributed by atoms with Crippen LogP contribution in [0, 0.1) is 0 Å². The highest BCUT2D eigenvalue weighted by Gasteiger charge is 2.55. The topological polar surface area (TPSA) is 95.0 Å². The van der Waals surface area contributed by atoms with Crippen LogP contribution in [0.1, 0.15) is 56.1 Å². The van der Waals surface area contributed by atoms with E-state index in [1.165, 1.54) is 0 Å². The molecule has 2 atom stereocenters. The summed E-state index contributed by atoms with van der Waals surface area (Å²) in [5.41, 5.74) is 3.21. The molecule has 0 unspecified atom stereocenters. The highest BCUT2D eigenvalue weighted by Crippen LogP contribution is 2.53. The van der Waals surface area contributed by atoms with Crippen molar-refractivity contribution in [1.29, 1.82) is 0 Å². The maximum Gasteiger partial charge on any atom is 0.261 e. The van der Waals surface area contributed by atoms with Gasteiger partial charge in [0.05, 0.1) is 35.8 Å². The second kappa shape index (κ2) is 7.02. The van der Waals surface area contributed by atoms with E-state index in [0.29, 0.717) is 29.3 Å². The van der Waals surface area contributed by atoms with E-state index < -0.39 is 0 Å². The van der Waals surface area contributed by atoms with Crippen molar-refractivity contribution in [1.82, 2.24) is 24.0 Å². The summed E-state index contributed by atoms with van der Waals surface area (Å²) >= 11 is 0. The summed E-state index contributed by atoms with van der Waals surface area (Å²) in [6.45, 7) is 6.75. The Labute approximate surface area is 190 Å². The minimum atomic E-state index is -0.292. The van der Waals surface area contributed by atoms with E-state index in [2.05, 4.69) is 22.3 Å².